The quantitative estimate of drug-likeness (QED) is 0.385. The first-order valence-electron chi connectivity index (χ1n) is 7.33. The fraction of sp³-hybridized carbons (Fsp3) is 0.118. The topological polar surface area (TPSA) is 114 Å². The zero-order valence-electron chi connectivity index (χ0n) is 13.6. The molecular formula is C17H16N4O4. The predicted molar refractivity (Wildman–Crippen MR) is 93.4 cm³/mol. The molecule has 2 amide bonds. The van der Waals surface area contributed by atoms with E-state index in [1.54, 1.807) is 19.1 Å². The van der Waals surface area contributed by atoms with Crippen LogP contribution in [0.25, 0.3) is 0 Å². The minimum absolute atomic E-state index is 0.152. The number of nitro groups is 1. The summed E-state index contributed by atoms with van der Waals surface area (Å²) in [5, 5.41) is 17.0. The first-order chi connectivity index (χ1) is 11.9. The maximum atomic E-state index is 11.9. The zero-order valence-corrected chi connectivity index (χ0v) is 13.6. The second-order valence-corrected chi connectivity index (χ2v) is 5.29. The number of rotatable bonds is 4. The molecule has 0 aliphatic carbocycles. The van der Waals surface area contributed by atoms with Gasteiger partial charge in [-0.25, -0.2) is 5.43 Å². The summed E-state index contributed by atoms with van der Waals surface area (Å²) in [6.45, 7) is 3.67. The molecule has 2 aromatic rings. The molecule has 0 unspecified atom stereocenters. The molecule has 0 saturated heterocycles. The number of hydrogen-bond donors (Lipinski definition) is 2. The van der Waals surface area contributed by atoms with Crippen LogP contribution in [0.5, 0.6) is 0 Å². The van der Waals surface area contributed by atoms with Gasteiger partial charge in [-0.15, -0.1) is 0 Å². The van der Waals surface area contributed by atoms with E-state index in [0.29, 0.717) is 5.69 Å². The summed E-state index contributed by atoms with van der Waals surface area (Å²) >= 11 is 0. The zero-order chi connectivity index (χ0) is 18.4. The number of hydrazone groups is 1. The van der Waals surface area contributed by atoms with Gasteiger partial charge in [0, 0.05) is 11.8 Å². The third kappa shape index (κ3) is 4.71. The van der Waals surface area contributed by atoms with Crippen LogP contribution in [0.3, 0.4) is 0 Å². The normalized spacial score (nSPS) is 10.5. The van der Waals surface area contributed by atoms with Crippen molar-refractivity contribution < 1.29 is 14.5 Å². The largest absolute Gasteiger partial charge is 0.329 e. The SMILES string of the molecule is Cc1ccc(C)c(NC(=O)C(=O)N/N=C\c2ccccc2[N+](=O)[O-])c1. The van der Waals surface area contributed by atoms with E-state index in [1.807, 2.05) is 24.5 Å². The molecule has 2 N–H and O–H groups in total. The molecule has 8 heteroatoms. The van der Waals surface area contributed by atoms with Crippen LogP contribution in [0, 0.1) is 24.0 Å². The van der Waals surface area contributed by atoms with Crippen molar-refractivity contribution in [1.29, 1.82) is 0 Å². The minimum atomic E-state index is -0.976. The number of nitrogens with zero attached hydrogens (tertiary/aromatic N) is 2. The van der Waals surface area contributed by atoms with E-state index in [0.717, 1.165) is 17.3 Å². The average Bonchev–Trinajstić information content (AvgIpc) is 2.58. The third-order valence-corrected chi connectivity index (χ3v) is 3.35. The number of carbonyl (C=O) groups is 2. The van der Waals surface area contributed by atoms with Crippen molar-refractivity contribution in [2.75, 3.05) is 5.32 Å². The lowest BCUT2D eigenvalue weighted by Crippen LogP contribution is -2.32. The molecule has 8 nitrogen and oxygen atoms in total. The third-order valence-electron chi connectivity index (χ3n) is 3.35. The Morgan fingerprint density at radius 1 is 1.12 bits per heavy atom. The highest BCUT2D eigenvalue weighted by molar-refractivity contribution is 6.39. The van der Waals surface area contributed by atoms with Crippen molar-refractivity contribution in [3.63, 3.8) is 0 Å². The number of benzene rings is 2. The standard InChI is InChI=1S/C17H16N4O4/c1-11-7-8-12(2)14(9-11)19-16(22)17(23)20-18-10-13-5-3-4-6-15(13)21(24)25/h3-10H,1-2H3,(H,19,22)(H,20,23)/b18-10-. The van der Waals surface area contributed by atoms with Crippen molar-refractivity contribution in [2.24, 2.45) is 5.10 Å². The van der Waals surface area contributed by atoms with E-state index < -0.39 is 16.7 Å². The fourth-order valence-electron chi connectivity index (χ4n) is 2.02. The van der Waals surface area contributed by atoms with Crippen LogP contribution < -0.4 is 10.7 Å². The average molecular weight is 340 g/mol. The monoisotopic (exact) mass is 340 g/mol. The second kappa shape index (κ2) is 7.82. The van der Waals surface area contributed by atoms with Crippen molar-refractivity contribution in [2.45, 2.75) is 13.8 Å². The molecule has 0 heterocycles. The van der Waals surface area contributed by atoms with E-state index >= 15 is 0 Å². The van der Waals surface area contributed by atoms with E-state index in [2.05, 4.69) is 10.4 Å². The van der Waals surface area contributed by atoms with Crippen molar-refractivity contribution in [3.05, 3.63) is 69.3 Å². The number of nitrogens with one attached hydrogen (secondary N) is 2. The summed E-state index contributed by atoms with van der Waals surface area (Å²) in [5.41, 5.74) is 4.39. The van der Waals surface area contributed by atoms with Crippen LogP contribution in [0.1, 0.15) is 16.7 Å². The predicted octanol–water partition coefficient (Wildman–Crippen LogP) is 2.30. The van der Waals surface area contributed by atoms with E-state index in [9.17, 15) is 19.7 Å². The molecule has 0 saturated carbocycles. The van der Waals surface area contributed by atoms with E-state index in [1.165, 1.54) is 18.2 Å². The molecule has 0 radical (unpaired) electrons. The van der Waals surface area contributed by atoms with Gasteiger partial charge in [0.05, 0.1) is 16.7 Å². The van der Waals surface area contributed by atoms with Crippen molar-refractivity contribution in [3.8, 4) is 0 Å². The lowest BCUT2D eigenvalue weighted by molar-refractivity contribution is -0.385. The first-order valence-corrected chi connectivity index (χ1v) is 7.33. The van der Waals surface area contributed by atoms with Gasteiger partial charge >= 0.3 is 11.8 Å². The van der Waals surface area contributed by atoms with Gasteiger partial charge in [-0.1, -0.05) is 24.3 Å². The number of hydrogen-bond acceptors (Lipinski definition) is 5. The second-order valence-electron chi connectivity index (χ2n) is 5.29. The Kier molecular flexibility index (Phi) is 5.57. The van der Waals surface area contributed by atoms with Gasteiger partial charge in [0.1, 0.15) is 0 Å². The van der Waals surface area contributed by atoms with Crippen LogP contribution in [-0.4, -0.2) is 23.0 Å². The molecular weight excluding hydrogens is 324 g/mol. The van der Waals surface area contributed by atoms with E-state index in [-0.39, 0.29) is 11.3 Å². The van der Waals surface area contributed by atoms with Gasteiger partial charge in [0.15, 0.2) is 0 Å². The maximum Gasteiger partial charge on any atom is 0.329 e. The number of para-hydroxylation sites is 1. The Bertz CT molecular complexity index is 861. The number of aryl methyl sites for hydroxylation is 2. The Balaban J connectivity index is 2.01. The fourth-order valence-corrected chi connectivity index (χ4v) is 2.02. The first kappa shape index (κ1) is 17.8. The Morgan fingerprint density at radius 3 is 2.56 bits per heavy atom. The van der Waals surface area contributed by atoms with Gasteiger partial charge in [-0.2, -0.15) is 5.10 Å². The lowest BCUT2D eigenvalue weighted by Gasteiger charge is -2.08. The van der Waals surface area contributed by atoms with Gasteiger partial charge in [-0.3, -0.25) is 19.7 Å². The Morgan fingerprint density at radius 2 is 1.84 bits per heavy atom. The van der Waals surface area contributed by atoms with Gasteiger partial charge in [0.2, 0.25) is 0 Å². The molecule has 0 atom stereocenters. The molecule has 0 bridgehead atoms. The van der Waals surface area contributed by atoms with Gasteiger partial charge < -0.3 is 5.32 Å². The smallest absolute Gasteiger partial charge is 0.317 e. The van der Waals surface area contributed by atoms with E-state index in [4.69, 9.17) is 0 Å². The van der Waals surface area contributed by atoms with Crippen LogP contribution in [0.4, 0.5) is 11.4 Å². The number of amides is 2. The van der Waals surface area contributed by atoms with Gasteiger partial charge in [0.25, 0.3) is 5.69 Å². The summed E-state index contributed by atoms with van der Waals surface area (Å²) in [5.74, 6) is -1.86. The molecule has 128 valence electrons. The van der Waals surface area contributed by atoms with Crippen molar-refractivity contribution >= 4 is 29.4 Å². The maximum absolute atomic E-state index is 11.9. The Hall–Kier alpha value is -3.55. The molecule has 0 aromatic heterocycles. The summed E-state index contributed by atoms with van der Waals surface area (Å²) in [7, 11) is 0. The summed E-state index contributed by atoms with van der Waals surface area (Å²) in [4.78, 5) is 34.0. The Labute approximate surface area is 143 Å². The summed E-state index contributed by atoms with van der Waals surface area (Å²) in [6, 6.07) is 11.4. The molecule has 0 fully saturated rings. The highest BCUT2D eigenvalue weighted by Gasteiger charge is 2.15. The molecule has 2 rings (SSSR count). The number of carbonyl (C=O) groups excluding carboxylic acids is 2. The summed E-state index contributed by atoms with van der Waals surface area (Å²) in [6.07, 6.45) is 1.11. The highest BCUT2D eigenvalue weighted by Crippen LogP contribution is 2.16. The van der Waals surface area contributed by atoms with Crippen LogP contribution in [0.15, 0.2) is 47.6 Å². The summed E-state index contributed by atoms with van der Waals surface area (Å²) < 4.78 is 0. The number of anilines is 1. The van der Waals surface area contributed by atoms with Crippen molar-refractivity contribution in [1.82, 2.24) is 5.43 Å². The highest BCUT2D eigenvalue weighted by atomic mass is 16.6. The molecule has 0 aliphatic heterocycles. The lowest BCUT2D eigenvalue weighted by atomic mass is 10.1. The minimum Gasteiger partial charge on any atom is -0.317 e. The molecule has 2 aromatic carbocycles. The van der Waals surface area contributed by atoms with Gasteiger partial charge in [-0.05, 0) is 37.1 Å². The van der Waals surface area contributed by atoms with Crippen LogP contribution in [-0.2, 0) is 9.59 Å². The van der Waals surface area contributed by atoms with Crippen LogP contribution in [0.2, 0.25) is 0 Å². The molecule has 0 aliphatic rings. The molecule has 0 spiro atoms. The molecule has 25 heavy (non-hydrogen) atoms. The number of nitro benzene ring substituents is 1. The van der Waals surface area contributed by atoms with Crippen LogP contribution >= 0.6 is 0 Å².